The molecule has 0 unspecified atom stereocenters. The third-order valence-electron chi connectivity index (χ3n) is 11.8. The standard InChI is InChI=1S/C53H37NO/c1-53(2)47-21-9-7-20-43(47)52-48(53)22-12-23-49(52)54(41-27-28-51-46(33-41)42-19-8-10-24-50(42)55-51)40-18-11-17-38(30-40)44-31-36-15-5-6-16-37(36)32-45(44)39-26-25-34-13-3-4-14-35(34)29-39/h3-33H,1-2H3. The Balaban J connectivity index is 1.16. The molecule has 11 rings (SSSR count). The van der Waals surface area contributed by atoms with Crippen molar-refractivity contribution in [1.82, 2.24) is 0 Å². The second-order valence-corrected chi connectivity index (χ2v) is 15.3. The quantitative estimate of drug-likeness (QED) is 0.177. The predicted molar refractivity (Wildman–Crippen MR) is 232 cm³/mol. The highest BCUT2D eigenvalue weighted by molar-refractivity contribution is 6.07. The van der Waals surface area contributed by atoms with Crippen molar-refractivity contribution in [2.24, 2.45) is 0 Å². The molecule has 0 spiro atoms. The topological polar surface area (TPSA) is 16.4 Å². The molecule has 0 aliphatic heterocycles. The van der Waals surface area contributed by atoms with Gasteiger partial charge in [-0.05, 0) is 121 Å². The van der Waals surface area contributed by atoms with Crippen LogP contribution < -0.4 is 4.90 Å². The van der Waals surface area contributed by atoms with Crippen LogP contribution in [0.5, 0.6) is 0 Å². The highest BCUT2D eigenvalue weighted by Gasteiger charge is 2.37. The van der Waals surface area contributed by atoms with Crippen LogP contribution in [0.4, 0.5) is 17.1 Å². The van der Waals surface area contributed by atoms with Crippen molar-refractivity contribution in [3.05, 3.63) is 199 Å². The molecular weight excluding hydrogens is 667 g/mol. The van der Waals surface area contributed by atoms with E-state index in [0.29, 0.717) is 0 Å². The number of para-hydroxylation sites is 1. The van der Waals surface area contributed by atoms with E-state index in [9.17, 15) is 0 Å². The number of benzene rings is 9. The van der Waals surface area contributed by atoms with Crippen molar-refractivity contribution in [3.8, 4) is 33.4 Å². The van der Waals surface area contributed by atoms with Crippen molar-refractivity contribution >= 4 is 60.5 Å². The minimum absolute atomic E-state index is 0.125. The van der Waals surface area contributed by atoms with Gasteiger partial charge < -0.3 is 9.32 Å². The smallest absolute Gasteiger partial charge is 0.135 e. The number of hydrogen-bond acceptors (Lipinski definition) is 2. The van der Waals surface area contributed by atoms with Crippen molar-refractivity contribution in [3.63, 3.8) is 0 Å². The van der Waals surface area contributed by atoms with Gasteiger partial charge in [-0.25, -0.2) is 0 Å². The first-order chi connectivity index (χ1) is 27.0. The van der Waals surface area contributed by atoms with E-state index < -0.39 is 0 Å². The summed E-state index contributed by atoms with van der Waals surface area (Å²) in [5, 5.41) is 7.16. The molecule has 9 aromatic carbocycles. The molecule has 0 radical (unpaired) electrons. The van der Waals surface area contributed by atoms with E-state index in [1.165, 1.54) is 66.1 Å². The zero-order valence-corrected chi connectivity index (χ0v) is 30.8. The van der Waals surface area contributed by atoms with Crippen molar-refractivity contribution in [2.75, 3.05) is 4.90 Å². The Kier molecular flexibility index (Phi) is 6.93. The molecule has 10 aromatic rings. The molecule has 260 valence electrons. The third kappa shape index (κ3) is 4.95. The molecule has 1 aromatic heterocycles. The minimum atomic E-state index is -0.125. The van der Waals surface area contributed by atoms with Crippen LogP contribution >= 0.6 is 0 Å². The molecule has 55 heavy (non-hydrogen) atoms. The summed E-state index contributed by atoms with van der Waals surface area (Å²) < 4.78 is 6.32. The summed E-state index contributed by atoms with van der Waals surface area (Å²) in [6.45, 7) is 4.70. The van der Waals surface area contributed by atoms with Crippen LogP contribution in [0.2, 0.25) is 0 Å². The average molecular weight is 704 g/mol. The van der Waals surface area contributed by atoms with Gasteiger partial charge in [-0.2, -0.15) is 0 Å². The first-order valence-corrected chi connectivity index (χ1v) is 19.1. The van der Waals surface area contributed by atoms with Crippen molar-refractivity contribution in [2.45, 2.75) is 19.3 Å². The highest BCUT2D eigenvalue weighted by Crippen LogP contribution is 2.54. The fraction of sp³-hybridized carbons (Fsp3) is 0.0566. The second-order valence-electron chi connectivity index (χ2n) is 15.3. The molecule has 0 fully saturated rings. The number of furan rings is 1. The normalized spacial score (nSPS) is 13.1. The summed E-state index contributed by atoms with van der Waals surface area (Å²) in [5.74, 6) is 0. The molecule has 0 atom stereocenters. The van der Waals surface area contributed by atoms with Crippen LogP contribution in [-0.2, 0) is 5.41 Å². The average Bonchev–Trinajstić information content (AvgIpc) is 3.72. The van der Waals surface area contributed by atoms with Gasteiger partial charge in [0.25, 0.3) is 0 Å². The Morgan fingerprint density at radius 1 is 0.400 bits per heavy atom. The number of nitrogens with zero attached hydrogens (tertiary/aromatic N) is 1. The fourth-order valence-electron chi connectivity index (χ4n) is 9.09. The number of anilines is 3. The SMILES string of the molecule is CC1(C)c2ccccc2-c2c(N(c3cccc(-c4cc5ccccc5cc4-c4ccc5ccccc5c4)c3)c3ccc4oc5ccccc5c4c3)cccc21. The Morgan fingerprint density at radius 2 is 1.02 bits per heavy atom. The number of hydrogen-bond donors (Lipinski definition) is 0. The monoisotopic (exact) mass is 703 g/mol. The summed E-state index contributed by atoms with van der Waals surface area (Å²) in [6.07, 6.45) is 0. The van der Waals surface area contributed by atoms with E-state index in [0.717, 1.165) is 39.0 Å². The molecule has 1 aliphatic carbocycles. The Bertz CT molecular complexity index is 3150. The van der Waals surface area contributed by atoms with E-state index in [4.69, 9.17) is 4.42 Å². The van der Waals surface area contributed by atoms with Crippen LogP contribution in [0.3, 0.4) is 0 Å². The number of rotatable bonds is 5. The molecule has 0 amide bonds. The molecule has 2 heteroatoms. The molecule has 0 bridgehead atoms. The third-order valence-corrected chi connectivity index (χ3v) is 11.8. The van der Waals surface area contributed by atoms with E-state index in [2.05, 4.69) is 201 Å². The van der Waals surface area contributed by atoms with Crippen LogP contribution in [0.1, 0.15) is 25.0 Å². The van der Waals surface area contributed by atoms with Crippen molar-refractivity contribution in [1.29, 1.82) is 0 Å². The summed E-state index contributed by atoms with van der Waals surface area (Å²) in [6, 6.07) is 68.7. The lowest BCUT2D eigenvalue weighted by atomic mass is 9.82. The Hall–Kier alpha value is -6.90. The maximum absolute atomic E-state index is 6.32. The predicted octanol–water partition coefficient (Wildman–Crippen LogP) is 15.0. The zero-order chi connectivity index (χ0) is 36.7. The van der Waals surface area contributed by atoms with Gasteiger partial charge in [0.1, 0.15) is 11.2 Å². The lowest BCUT2D eigenvalue weighted by Crippen LogP contribution is -2.16. The molecule has 2 nitrogen and oxygen atoms in total. The molecule has 1 aliphatic rings. The first kappa shape index (κ1) is 31.6. The lowest BCUT2D eigenvalue weighted by Gasteiger charge is -2.29. The van der Waals surface area contributed by atoms with Gasteiger partial charge in [-0.15, -0.1) is 0 Å². The van der Waals surface area contributed by atoms with Crippen LogP contribution in [0, 0.1) is 0 Å². The van der Waals surface area contributed by atoms with Gasteiger partial charge in [-0.1, -0.05) is 141 Å². The van der Waals surface area contributed by atoms with Gasteiger partial charge in [-0.3, -0.25) is 0 Å². The minimum Gasteiger partial charge on any atom is -0.456 e. The van der Waals surface area contributed by atoms with Gasteiger partial charge in [0.15, 0.2) is 0 Å². The maximum Gasteiger partial charge on any atom is 0.135 e. The van der Waals surface area contributed by atoms with E-state index in [1.54, 1.807) is 0 Å². The molecule has 0 saturated carbocycles. The Morgan fingerprint density at radius 3 is 1.84 bits per heavy atom. The summed E-state index contributed by atoms with van der Waals surface area (Å²) in [7, 11) is 0. The largest absolute Gasteiger partial charge is 0.456 e. The van der Waals surface area contributed by atoms with E-state index >= 15 is 0 Å². The highest BCUT2D eigenvalue weighted by atomic mass is 16.3. The van der Waals surface area contributed by atoms with Gasteiger partial charge in [0.2, 0.25) is 0 Å². The van der Waals surface area contributed by atoms with Gasteiger partial charge in [0, 0.05) is 33.1 Å². The fourth-order valence-corrected chi connectivity index (χ4v) is 9.09. The van der Waals surface area contributed by atoms with Crippen molar-refractivity contribution < 1.29 is 4.42 Å². The summed E-state index contributed by atoms with van der Waals surface area (Å²) in [5.41, 5.74) is 15.1. The Labute approximate surface area is 320 Å². The van der Waals surface area contributed by atoms with Gasteiger partial charge in [0.05, 0.1) is 5.69 Å². The molecular formula is C53H37NO. The van der Waals surface area contributed by atoms with Crippen LogP contribution in [-0.4, -0.2) is 0 Å². The number of fused-ring (bicyclic) bond motifs is 8. The van der Waals surface area contributed by atoms with E-state index in [1.807, 2.05) is 6.07 Å². The van der Waals surface area contributed by atoms with E-state index in [-0.39, 0.29) is 5.41 Å². The summed E-state index contributed by atoms with van der Waals surface area (Å²) >= 11 is 0. The zero-order valence-electron chi connectivity index (χ0n) is 30.8. The van der Waals surface area contributed by atoms with Gasteiger partial charge >= 0.3 is 0 Å². The molecule has 0 saturated heterocycles. The molecule has 1 heterocycles. The second kappa shape index (κ2) is 12.1. The molecule has 0 N–H and O–H groups in total. The first-order valence-electron chi connectivity index (χ1n) is 19.1. The maximum atomic E-state index is 6.32. The van der Waals surface area contributed by atoms with Crippen LogP contribution in [0.15, 0.2) is 192 Å². The summed E-state index contributed by atoms with van der Waals surface area (Å²) in [4.78, 5) is 2.46. The lowest BCUT2D eigenvalue weighted by molar-refractivity contribution is 0.660. The van der Waals surface area contributed by atoms with Crippen LogP contribution in [0.25, 0.3) is 76.9 Å².